The van der Waals surface area contributed by atoms with E-state index in [0.717, 1.165) is 37.4 Å². The largest absolute Gasteiger partial charge is 0.312 e. The smallest absolute Gasteiger partial charge is 0.259 e. The molecule has 6 heteroatoms. The molecule has 6 nitrogen and oxygen atoms in total. The fourth-order valence-electron chi connectivity index (χ4n) is 4.28. The summed E-state index contributed by atoms with van der Waals surface area (Å²) >= 11 is 0. The van der Waals surface area contributed by atoms with E-state index >= 15 is 0 Å². The van der Waals surface area contributed by atoms with E-state index < -0.39 is 0 Å². The maximum Gasteiger partial charge on any atom is 0.259 e. The number of nitrogens with zero attached hydrogens (tertiary/aromatic N) is 4. The molecule has 2 heterocycles. The minimum Gasteiger partial charge on any atom is -0.312 e. The number of aromatic nitrogens is 1. The lowest BCUT2D eigenvalue weighted by molar-refractivity contribution is 0.0992. The molecule has 1 aliphatic rings. The number of anilines is 1. The summed E-state index contributed by atoms with van der Waals surface area (Å²) in [6.45, 7) is 8.06. The second kappa shape index (κ2) is 9.95. The van der Waals surface area contributed by atoms with E-state index in [1.54, 1.807) is 24.1 Å². The van der Waals surface area contributed by atoms with E-state index in [4.69, 9.17) is 0 Å². The van der Waals surface area contributed by atoms with Gasteiger partial charge in [-0.2, -0.15) is 5.26 Å². The summed E-state index contributed by atoms with van der Waals surface area (Å²) < 4.78 is 0. The van der Waals surface area contributed by atoms with E-state index in [9.17, 15) is 10.1 Å². The average Bonchev–Trinajstić information content (AvgIpc) is 2.83. The molecule has 1 amide bonds. The number of nitrogens with one attached hydrogen (secondary N) is 1. The van der Waals surface area contributed by atoms with Gasteiger partial charge in [0.1, 0.15) is 0 Å². The Kier molecular flexibility index (Phi) is 6.83. The number of carbonyl (C=O) groups excluding carboxylic acids is 1. The first-order valence-corrected chi connectivity index (χ1v) is 11.3. The van der Waals surface area contributed by atoms with Crippen LogP contribution in [-0.2, 0) is 6.54 Å². The van der Waals surface area contributed by atoms with E-state index in [0.29, 0.717) is 28.6 Å². The Morgan fingerprint density at radius 1 is 1.18 bits per heavy atom. The summed E-state index contributed by atoms with van der Waals surface area (Å²) in [5.74, 6) is -0.108. The third-order valence-electron chi connectivity index (χ3n) is 6.13. The maximum atomic E-state index is 13.2. The predicted octanol–water partition coefficient (Wildman–Crippen LogP) is 4.00. The fourth-order valence-corrected chi connectivity index (χ4v) is 4.28. The van der Waals surface area contributed by atoms with Crippen LogP contribution < -0.4 is 10.2 Å². The van der Waals surface area contributed by atoms with Crippen LogP contribution in [0.15, 0.2) is 60.7 Å². The molecular weight excluding hydrogens is 410 g/mol. The van der Waals surface area contributed by atoms with Gasteiger partial charge in [0.05, 0.1) is 28.6 Å². The van der Waals surface area contributed by atoms with E-state index in [1.807, 2.05) is 43.3 Å². The predicted molar refractivity (Wildman–Crippen MR) is 131 cm³/mol. The third-order valence-corrected chi connectivity index (χ3v) is 6.13. The molecule has 1 aromatic heterocycles. The Balaban J connectivity index is 1.48. The minimum absolute atomic E-state index is 0.108. The number of rotatable bonds is 5. The average molecular weight is 440 g/mol. The minimum atomic E-state index is -0.108. The second-order valence-electron chi connectivity index (χ2n) is 8.61. The zero-order valence-electron chi connectivity index (χ0n) is 19.4. The summed E-state index contributed by atoms with van der Waals surface area (Å²) in [6.07, 6.45) is 0. The normalized spacial score (nSPS) is 16.2. The lowest BCUT2D eigenvalue weighted by Crippen LogP contribution is -2.48. The highest BCUT2D eigenvalue weighted by Crippen LogP contribution is 2.24. The van der Waals surface area contributed by atoms with Crippen LogP contribution in [0.3, 0.4) is 0 Å². The molecule has 0 radical (unpaired) electrons. The summed E-state index contributed by atoms with van der Waals surface area (Å²) in [4.78, 5) is 21.9. The van der Waals surface area contributed by atoms with Crippen molar-refractivity contribution in [3.8, 4) is 17.3 Å². The number of hydrogen-bond donors (Lipinski definition) is 1. The summed E-state index contributed by atoms with van der Waals surface area (Å²) in [5.41, 5.74) is 5.30. The lowest BCUT2D eigenvalue weighted by atomic mass is 10.0. The second-order valence-corrected chi connectivity index (χ2v) is 8.61. The highest BCUT2D eigenvalue weighted by molar-refractivity contribution is 6.06. The van der Waals surface area contributed by atoms with Gasteiger partial charge in [0, 0.05) is 50.5 Å². The molecule has 0 unspecified atom stereocenters. The quantitative estimate of drug-likeness (QED) is 0.651. The molecule has 3 aromatic rings. The zero-order valence-corrected chi connectivity index (χ0v) is 19.4. The zero-order chi connectivity index (χ0) is 23.4. The van der Waals surface area contributed by atoms with Gasteiger partial charge in [-0.25, -0.2) is 0 Å². The van der Waals surface area contributed by atoms with Crippen molar-refractivity contribution in [2.24, 2.45) is 0 Å². The molecule has 2 aromatic carbocycles. The van der Waals surface area contributed by atoms with Gasteiger partial charge in [0.2, 0.25) is 0 Å². The van der Waals surface area contributed by atoms with Crippen LogP contribution in [0, 0.1) is 18.3 Å². The number of aryl methyl sites for hydroxylation is 1. The van der Waals surface area contributed by atoms with Gasteiger partial charge in [-0.1, -0.05) is 30.3 Å². The van der Waals surface area contributed by atoms with Gasteiger partial charge in [0.15, 0.2) is 0 Å². The Labute approximate surface area is 195 Å². The number of pyridine rings is 1. The summed E-state index contributed by atoms with van der Waals surface area (Å²) in [5, 5.41) is 12.8. The van der Waals surface area contributed by atoms with E-state index in [-0.39, 0.29) is 5.91 Å². The molecule has 1 N–H and O–H groups in total. The van der Waals surface area contributed by atoms with Gasteiger partial charge in [-0.15, -0.1) is 0 Å². The Bertz CT molecular complexity index is 1180. The molecular formula is C27H29N5O. The molecule has 0 aliphatic carbocycles. The van der Waals surface area contributed by atoms with Crippen molar-refractivity contribution in [2.75, 3.05) is 31.6 Å². The monoisotopic (exact) mass is 439 g/mol. The highest BCUT2D eigenvalue weighted by Gasteiger charge is 2.19. The highest BCUT2D eigenvalue weighted by atomic mass is 16.2. The SMILES string of the molecule is Cc1nc(-c2ccccc2C#N)ccc1C(=O)N(C)c1ccc(CN2CCN[C@@H](C)C2)cc1. The van der Waals surface area contributed by atoms with E-state index in [2.05, 4.69) is 40.3 Å². The van der Waals surface area contributed by atoms with Gasteiger partial charge in [-0.05, 0) is 49.7 Å². The number of piperazine rings is 1. The standard InChI is InChI=1S/C27H29N5O/c1-19-17-32(15-14-29-19)18-21-8-10-23(11-9-21)31(3)27(33)24-12-13-26(30-20(24)2)25-7-5-4-6-22(25)16-28/h4-13,19,29H,14-15,17-18H2,1-3H3/t19-/m0/s1. The van der Waals surface area contributed by atoms with Crippen LogP contribution in [0.4, 0.5) is 5.69 Å². The number of nitriles is 1. The molecule has 1 saturated heterocycles. The molecule has 0 bridgehead atoms. The molecule has 33 heavy (non-hydrogen) atoms. The molecule has 1 atom stereocenters. The van der Waals surface area contributed by atoms with Gasteiger partial charge in [-0.3, -0.25) is 14.7 Å². The van der Waals surface area contributed by atoms with Crippen molar-refractivity contribution >= 4 is 11.6 Å². The van der Waals surface area contributed by atoms with Crippen LogP contribution in [0.1, 0.15) is 34.1 Å². The molecule has 0 spiro atoms. The Morgan fingerprint density at radius 3 is 2.64 bits per heavy atom. The molecule has 1 aliphatic heterocycles. The fraction of sp³-hybridized carbons (Fsp3) is 0.296. The van der Waals surface area contributed by atoms with Crippen molar-refractivity contribution in [3.63, 3.8) is 0 Å². The van der Waals surface area contributed by atoms with Crippen LogP contribution in [0.5, 0.6) is 0 Å². The first kappa shape index (κ1) is 22.7. The number of benzene rings is 2. The van der Waals surface area contributed by atoms with Gasteiger partial charge >= 0.3 is 0 Å². The van der Waals surface area contributed by atoms with Crippen LogP contribution >= 0.6 is 0 Å². The van der Waals surface area contributed by atoms with Crippen LogP contribution in [0.2, 0.25) is 0 Å². The lowest BCUT2D eigenvalue weighted by Gasteiger charge is -2.31. The van der Waals surface area contributed by atoms with Crippen molar-refractivity contribution in [1.82, 2.24) is 15.2 Å². The molecule has 0 saturated carbocycles. The van der Waals surface area contributed by atoms with Crippen molar-refractivity contribution in [1.29, 1.82) is 5.26 Å². The maximum absolute atomic E-state index is 13.2. The van der Waals surface area contributed by atoms with Crippen LogP contribution in [0.25, 0.3) is 11.3 Å². The molecule has 1 fully saturated rings. The van der Waals surface area contributed by atoms with E-state index in [1.165, 1.54) is 5.56 Å². The van der Waals surface area contributed by atoms with Crippen molar-refractivity contribution in [3.05, 3.63) is 83.0 Å². The number of carbonyl (C=O) groups is 1. The third kappa shape index (κ3) is 5.11. The molecule has 168 valence electrons. The van der Waals surface area contributed by atoms with Gasteiger partial charge in [0.25, 0.3) is 5.91 Å². The number of amides is 1. The Morgan fingerprint density at radius 2 is 1.94 bits per heavy atom. The van der Waals surface area contributed by atoms with Gasteiger partial charge < -0.3 is 10.2 Å². The first-order chi connectivity index (χ1) is 16.0. The first-order valence-electron chi connectivity index (χ1n) is 11.3. The van der Waals surface area contributed by atoms with Crippen molar-refractivity contribution < 1.29 is 4.79 Å². The summed E-state index contributed by atoms with van der Waals surface area (Å²) in [6, 6.07) is 21.9. The number of hydrogen-bond acceptors (Lipinski definition) is 5. The molecule has 4 rings (SSSR count). The Hall–Kier alpha value is -3.53. The van der Waals surface area contributed by atoms with Crippen LogP contribution in [-0.4, -0.2) is 48.5 Å². The summed E-state index contributed by atoms with van der Waals surface area (Å²) in [7, 11) is 1.79. The topological polar surface area (TPSA) is 72.3 Å². The van der Waals surface area contributed by atoms with Crippen molar-refractivity contribution in [2.45, 2.75) is 26.4 Å².